The van der Waals surface area contributed by atoms with E-state index in [0.29, 0.717) is 18.8 Å². The van der Waals surface area contributed by atoms with Crippen LogP contribution in [0.1, 0.15) is 42.8 Å². The summed E-state index contributed by atoms with van der Waals surface area (Å²) in [4.78, 5) is 13.0. The minimum Gasteiger partial charge on any atom is -0.373 e. The smallest absolute Gasteiger partial charge is 0.191 e. The topological polar surface area (TPSA) is 61.8 Å². The van der Waals surface area contributed by atoms with Gasteiger partial charge in [0, 0.05) is 37.6 Å². The lowest BCUT2D eigenvalue weighted by Crippen LogP contribution is -2.46. The molecule has 0 saturated carbocycles. The lowest BCUT2D eigenvalue weighted by atomic mass is 10.2. The molecule has 0 radical (unpaired) electrons. The Bertz CT molecular complexity index is 536. The maximum absolute atomic E-state index is 5.79. The molecule has 2 heterocycles. The third-order valence-electron chi connectivity index (χ3n) is 4.23. The summed E-state index contributed by atoms with van der Waals surface area (Å²) in [5.41, 5.74) is 1.11. The summed E-state index contributed by atoms with van der Waals surface area (Å²) in [5, 5.41) is 7.81. The molecule has 1 fully saturated rings. The minimum atomic E-state index is 0. The molecule has 8 heteroatoms. The van der Waals surface area contributed by atoms with Crippen molar-refractivity contribution in [3.8, 4) is 0 Å². The van der Waals surface area contributed by atoms with Crippen LogP contribution in [0.2, 0.25) is 0 Å². The summed E-state index contributed by atoms with van der Waals surface area (Å²) >= 11 is 1.73. The Balaban J connectivity index is 0.00000338. The van der Waals surface area contributed by atoms with Crippen molar-refractivity contribution in [1.29, 1.82) is 0 Å². The van der Waals surface area contributed by atoms with Gasteiger partial charge < -0.3 is 15.4 Å². The predicted molar refractivity (Wildman–Crippen MR) is 121 cm³/mol. The SMILES string of the molecule is CCNC(=NCc1nc(C)c(C)s1)NCCCN1CC(C)OC(C)C1.I. The van der Waals surface area contributed by atoms with E-state index in [0.717, 1.165) is 55.8 Å². The van der Waals surface area contributed by atoms with Crippen molar-refractivity contribution in [1.82, 2.24) is 20.5 Å². The van der Waals surface area contributed by atoms with Gasteiger partial charge in [-0.05, 0) is 41.0 Å². The zero-order valence-electron chi connectivity index (χ0n) is 16.7. The highest BCUT2D eigenvalue weighted by atomic mass is 127. The number of thiazole rings is 1. The number of aromatic nitrogens is 1. The van der Waals surface area contributed by atoms with Gasteiger partial charge >= 0.3 is 0 Å². The van der Waals surface area contributed by atoms with E-state index in [1.807, 2.05) is 0 Å². The standard InChI is InChI=1S/C18H33N5OS.HI/c1-6-19-18(21-10-17-22-15(4)16(5)25-17)20-8-7-9-23-11-13(2)24-14(3)12-23;/h13-14H,6-12H2,1-5H3,(H2,19,20,21);1H. The van der Waals surface area contributed by atoms with Gasteiger partial charge in [0.25, 0.3) is 0 Å². The molecule has 1 aromatic rings. The van der Waals surface area contributed by atoms with Crippen molar-refractivity contribution in [3.63, 3.8) is 0 Å². The number of ether oxygens (including phenoxy) is 1. The molecule has 0 aromatic carbocycles. The monoisotopic (exact) mass is 495 g/mol. The first-order chi connectivity index (χ1) is 12.0. The molecule has 0 amide bonds. The Morgan fingerprint density at radius 1 is 1.27 bits per heavy atom. The molecule has 0 aliphatic carbocycles. The number of nitrogens with zero attached hydrogens (tertiary/aromatic N) is 3. The molecular weight excluding hydrogens is 461 g/mol. The normalized spacial score (nSPS) is 21.3. The van der Waals surface area contributed by atoms with Crippen LogP contribution in [-0.4, -0.2) is 60.8 Å². The van der Waals surface area contributed by atoms with Crippen LogP contribution in [-0.2, 0) is 11.3 Å². The molecule has 1 aliphatic heterocycles. The van der Waals surface area contributed by atoms with Crippen LogP contribution in [0.4, 0.5) is 0 Å². The molecule has 0 bridgehead atoms. The first-order valence-electron chi connectivity index (χ1n) is 9.30. The molecule has 2 N–H and O–H groups in total. The number of aliphatic imine (C=N–C) groups is 1. The van der Waals surface area contributed by atoms with Crippen LogP contribution >= 0.6 is 35.3 Å². The Labute approximate surface area is 179 Å². The van der Waals surface area contributed by atoms with E-state index in [1.54, 1.807) is 11.3 Å². The molecule has 150 valence electrons. The molecule has 0 spiro atoms. The first kappa shape index (κ1) is 23.6. The van der Waals surface area contributed by atoms with Crippen LogP contribution in [0, 0.1) is 13.8 Å². The summed E-state index contributed by atoms with van der Waals surface area (Å²) < 4.78 is 5.79. The molecule has 2 unspecified atom stereocenters. The number of halogens is 1. The Hall–Kier alpha value is -0.450. The Kier molecular flexibility index (Phi) is 11.0. The van der Waals surface area contributed by atoms with E-state index in [4.69, 9.17) is 4.74 Å². The van der Waals surface area contributed by atoms with Gasteiger partial charge in [-0.2, -0.15) is 0 Å². The van der Waals surface area contributed by atoms with E-state index >= 15 is 0 Å². The van der Waals surface area contributed by atoms with E-state index in [2.05, 4.69) is 60.1 Å². The molecule has 1 aliphatic rings. The fourth-order valence-electron chi connectivity index (χ4n) is 3.07. The van der Waals surface area contributed by atoms with Crippen molar-refractivity contribution < 1.29 is 4.74 Å². The Morgan fingerprint density at radius 2 is 1.96 bits per heavy atom. The molecular formula is C18H34IN5OS. The van der Waals surface area contributed by atoms with Crippen molar-refractivity contribution in [2.24, 2.45) is 4.99 Å². The van der Waals surface area contributed by atoms with E-state index in [1.165, 1.54) is 4.88 Å². The van der Waals surface area contributed by atoms with Crippen molar-refractivity contribution in [2.75, 3.05) is 32.7 Å². The average molecular weight is 495 g/mol. The van der Waals surface area contributed by atoms with E-state index < -0.39 is 0 Å². The third-order valence-corrected chi connectivity index (χ3v) is 5.29. The number of morpholine rings is 1. The molecule has 1 aromatic heterocycles. The molecule has 6 nitrogen and oxygen atoms in total. The highest BCUT2D eigenvalue weighted by Crippen LogP contribution is 2.16. The second kappa shape index (κ2) is 12.1. The average Bonchev–Trinajstić information content (AvgIpc) is 2.86. The highest BCUT2D eigenvalue weighted by molar-refractivity contribution is 14.0. The van der Waals surface area contributed by atoms with Gasteiger partial charge in [0.1, 0.15) is 5.01 Å². The summed E-state index contributed by atoms with van der Waals surface area (Å²) in [6.07, 6.45) is 1.76. The van der Waals surface area contributed by atoms with E-state index in [9.17, 15) is 0 Å². The first-order valence-corrected chi connectivity index (χ1v) is 10.1. The van der Waals surface area contributed by atoms with Gasteiger partial charge in [-0.3, -0.25) is 4.90 Å². The molecule has 2 rings (SSSR count). The number of hydrogen-bond donors (Lipinski definition) is 2. The van der Waals surface area contributed by atoms with Crippen LogP contribution in [0.15, 0.2) is 4.99 Å². The lowest BCUT2D eigenvalue weighted by Gasteiger charge is -2.35. The summed E-state index contributed by atoms with van der Waals surface area (Å²) in [5.74, 6) is 0.872. The largest absolute Gasteiger partial charge is 0.373 e. The van der Waals surface area contributed by atoms with Crippen LogP contribution in [0.25, 0.3) is 0 Å². The van der Waals surface area contributed by atoms with Gasteiger partial charge in [-0.1, -0.05) is 0 Å². The van der Waals surface area contributed by atoms with Gasteiger partial charge in [0.05, 0.1) is 24.4 Å². The van der Waals surface area contributed by atoms with Crippen LogP contribution in [0.5, 0.6) is 0 Å². The third kappa shape index (κ3) is 8.06. The highest BCUT2D eigenvalue weighted by Gasteiger charge is 2.21. The molecule has 1 saturated heterocycles. The minimum absolute atomic E-state index is 0. The fraction of sp³-hybridized carbons (Fsp3) is 0.778. The van der Waals surface area contributed by atoms with Crippen LogP contribution < -0.4 is 10.6 Å². The summed E-state index contributed by atoms with van der Waals surface area (Å²) in [6.45, 7) is 16.1. The van der Waals surface area contributed by atoms with Crippen molar-refractivity contribution in [2.45, 2.75) is 59.8 Å². The molecule has 2 atom stereocenters. The number of hydrogen-bond acceptors (Lipinski definition) is 5. The molecule has 26 heavy (non-hydrogen) atoms. The van der Waals surface area contributed by atoms with Gasteiger partial charge in [-0.15, -0.1) is 35.3 Å². The van der Waals surface area contributed by atoms with Crippen molar-refractivity contribution in [3.05, 3.63) is 15.6 Å². The number of guanidine groups is 1. The van der Waals surface area contributed by atoms with E-state index in [-0.39, 0.29) is 24.0 Å². The van der Waals surface area contributed by atoms with Crippen molar-refractivity contribution >= 4 is 41.3 Å². The number of nitrogens with one attached hydrogen (secondary N) is 2. The second-order valence-corrected chi connectivity index (χ2v) is 8.03. The maximum atomic E-state index is 5.79. The Morgan fingerprint density at radius 3 is 2.54 bits per heavy atom. The van der Waals surface area contributed by atoms with Gasteiger partial charge in [-0.25, -0.2) is 9.98 Å². The maximum Gasteiger partial charge on any atom is 0.191 e. The van der Waals surface area contributed by atoms with Gasteiger partial charge in [0.15, 0.2) is 5.96 Å². The summed E-state index contributed by atoms with van der Waals surface area (Å²) in [6, 6.07) is 0. The second-order valence-electron chi connectivity index (χ2n) is 6.74. The fourth-order valence-corrected chi connectivity index (χ4v) is 3.93. The zero-order valence-corrected chi connectivity index (χ0v) is 19.8. The van der Waals surface area contributed by atoms with Crippen LogP contribution in [0.3, 0.4) is 0 Å². The lowest BCUT2D eigenvalue weighted by molar-refractivity contribution is -0.0679. The number of rotatable bonds is 7. The van der Waals surface area contributed by atoms with Gasteiger partial charge in [0.2, 0.25) is 0 Å². The quantitative estimate of drug-likeness (QED) is 0.264. The zero-order chi connectivity index (χ0) is 18.2. The predicted octanol–water partition coefficient (Wildman–Crippen LogP) is 2.93. The number of aryl methyl sites for hydroxylation is 2. The summed E-state index contributed by atoms with van der Waals surface area (Å²) in [7, 11) is 0.